The summed E-state index contributed by atoms with van der Waals surface area (Å²) in [6.45, 7) is 5.13. The zero-order valence-electron chi connectivity index (χ0n) is 11.6. The summed E-state index contributed by atoms with van der Waals surface area (Å²) in [7, 11) is 0. The number of fused-ring (bicyclic) bond motifs is 1. The van der Waals surface area contributed by atoms with Crippen LogP contribution in [0.2, 0.25) is 0 Å². The Bertz CT molecular complexity index is 454. The minimum atomic E-state index is 0.330. The molecular formula is C16H22N2O. The highest BCUT2D eigenvalue weighted by Gasteiger charge is 2.39. The van der Waals surface area contributed by atoms with Gasteiger partial charge in [0.2, 0.25) is 5.91 Å². The maximum absolute atomic E-state index is 12.3. The first kappa shape index (κ1) is 12.7. The number of hydrogen-bond acceptors (Lipinski definition) is 2. The largest absolute Gasteiger partial charge is 0.338 e. The lowest BCUT2D eigenvalue weighted by molar-refractivity contribution is -0.131. The quantitative estimate of drug-likeness (QED) is 0.896. The second kappa shape index (κ2) is 5.33. The van der Waals surface area contributed by atoms with E-state index >= 15 is 0 Å². The predicted octanol–water partition coefficient (Wildman–Crippen LogP) is 1.75. The van der Waals surface area contributed by atoms with Crippen molar-refractivity contribution in [2.45, 2.75) is 32.2 Å². The number of amides is 1. The van der Waals surface area contributed by atoms with Crippen molar-refractivity contribution in [3.63, 3.8) is 0 Å². The lowest BCUT2D eigenvalue weighted by atomic mass is 10.0. The maximum Gasteiger partial charge on any atom is 0.223 e. The van der Waals surface area contributed by atoms with Gasteiger partial charge in [0.25, 0.3) is 0 Å². The lowest BCUT2D eigenvalue weighted by Crippen LogP contribution is -2.39. The van der Waals surface area contributed by atoms with Crippen LogP contribution in [0.1, 0.15) is 24.0 Å². The molecule has 1 aromatic carbocycles. The zero-order valence-corrected chi connectivity index (χ0v) is 11.6. The normalized spacial score (nSPS) is 25.6. The monoisotopic (exact) mass is 258 g/mol. The first-order valence-corrected chi connectivity index (χ1v) is 7.30. The van der Waals surface area contributed by atoms with Gasteiger partial charge in [-0.05, 0) is 31.2 Å². The van der Waals surface area contributed by atoms with E-state index in [0.29, 0.717) is 24.3 Å². The Morgan fingerprint density at radius 2 is 2.11 bits per heavy atom. The molecule has 2 heterocycles. The molecule has 102 valence electrons. The Hall–Kier alpha value is -1.35. The molecule has 0 unspecified atom stereocenters. The van der Waals surface area contributed by atoms with Crippen LogP contribution < -0.4 is 5.32 Å². The summed E-state index contributed by atoms with van der Waals surface area (Å²) in [4.78, 5) is 14.4. The third-order valence-corrected chi connectivity index (χ3v) is 4.51. The predicted molar refractivity (Wildman–Crippen MR) is 76.0 cm³/mol. The van der Waals surface area contributed by atoms with Gasteiger partial charge in [-0.2, -0.15) is 0 Å². The van der Waals surface area contributed by atoms with Gasteiger partial charge in [-0.3, -0.25) is 4.79 Å². The Balaban J connectivity index is 1.55. The van der Waals surface area contributed by atoms with Crippen LogP contribution in [0.3, 0.4) is 0 Å². The molecule has 0 aromatic heterocycles. The average molecular weight is 258 g/mol. The summed E-state index contributed by atoms with van der Waals surface area (Å²) in [5, 5.41) is 3.40. The fraction of sp³-hybridized carbons (Fsp3) is 0.562. The number of rotatable bonds is 3. The average Bonchev–Trinajstić information content (AvgIpc) is 3.00. The molecule has 2 aliphatic heterocycles. The Morgan fingerprint density at radius 1 is 1.32 bits per heavy atom. The molecule has 2 atom stereocenters. The molecule has 1 N–H and O–H groups in total. The Labute approximate surface area is 115 Å². The van der Waals surface area contributed by atoms with Gasteiger partial charge in [0, 0.05) is 32.1 Å². The molecule has 2 aliphatic rings. The Morgan fingerprint density at radius 3 is 2.89 bits per heavy atom. The van der Waals surface area contributed by atoms with Crippen molar-refractivity contribution in [1.82, 2.24) is 10.2 Å². The van der Waals surface area contributed by atoms with Crippen LogP contribution in [0, 0.1) is 12.8 Å². The molecule has 0 aliphatic carbocycles. The highest BCUT2D eigenvalue weighted by atomic mass is 16.2. The summed E-state index contributed by atoms with van der Waals surface area (Å²) in [6.07, 6.45) is 2.68. The molecule has 1 amide bonds. The van der Waals surface area contributed by atoms with E-state index < -0.39 is 0 Å². The molecule has 0 bridgehead atoms. The van der Waals surface area contributed by atoms with Gasteiger partial charge in [0.15, 0.2) is 0 Å². The van der Waals surface area contributed by atoms with Crippen molar-refractivity contribution in [3.8, 4) is 0 Å². The molecular weight excluding hydrogens is 236 g/mol. The van der Waals surface area contributed by atoms with Crippen molar-refractivity contribution in [2.75, 3.05) is 19.6 Å². The maximum atomic E-state index is 12.3. The van der Waals surface area contributed by atoms with Crippen LogP contribution in [0.25, 0.3) is 0 Å². The van der Waals surface area contributed by atoms with E-state index in [-0.39, 0.29) is 0 Å². The second-order valence-electron chi connectivity index (χ2n) is 5.85. The van der Waals surface area contributed by atoms with Crippen LogP contribution in [0.15, 0.2) is 24.3 Å². The van der Waals surface area contributed by atoms with E-state index in [1.807, 2.05) is 0 Å². The van der Waals surface area contributed by atoms with E-state index in [0.717, 1.165) is 26.1 Å². The smallest absolute Gasteiger partial charge is 0.223 e. The van der Waals surface area contributed by atoms with Crippen LogP contribution >= 0.6 is 0 Å². The highest BCUT2D eigenvalue weighted by molar-refractivity contribution is 5.77. The molecule has 3 heteroatoms. The second-order valence-corrected chi connectivity index (χ2v) is 5.85. The van der Waals surface area contributed by atoms with Gasteiger partial charge in [-0.15, -0.1) is 0 Å². The first-order chi connectivity index (χ1) is 9.24. The number of nitrogens with zero attached hydrogens (tertiary/aromatic N) is 1. The van der Waals surface area contributed by atoms with E-state index in [1.54, 1.807) is 0 Å². The molecule has 3 rings (SSSR count). The van der Waals surface area contributed by atoms with Crippen molar-refractivity contribution < 1.29 is 4.79 Å². The van der Waals surface area contributed by atoms with E-state index in [9.17, 15) is 4.79 Å². The van der Waals surface area contributed by atoms with Crippen molar-refractivity contribution >= 4 is 5.91 Å². The minimum Gasteiger partial charge on any atom is -0.338 e. The number of aryl methyl sites for hydroxylation is 2. The molecule has 19 heavy (non-hydrogen) atoms. The van der Waals surface area contributed by atoms with Gasteiger partial charge in [0.05, 0.1) is 0 Å². The molecule has 2 fully saturated rings. The molecule has 0 saturated carbocycles. The van der Waals surface area contributed by atoms with E-state index in [4.69, 9.17) is 0 Å². The van der Waals surface area contributed by atoms with Crippen molar-refractivity contribution in [3.05, 3.63) is 35.4 Å². The number of benzene rings is 1. The minimum absolute atomic E-state index is 0.330. The first-order valence-electron chi connectivity index (χ1n) is 7.30. The summed E-state index contributed by atoms with van der Waals surface area (Å²) >= 11 is 0. The van der Waals surface area contributed by atoms with Crippen LogP contribution in [0.5, 0.6) is 0 Å². The van der Waals surface area contributed by atoms with Crippen molar-refractivity contribution in [1.29, 1.82) is 0 Å². The molecule has 0 radical (unpaired) electrons. The summed E-state index contributed by atoms with van der Waals surface area (Å²) < 4.78 is 0. The van der Waals surface area contributed by atoms with Gasteiger partial charge in [0.1, 0.15) is 0 Å². The number of nitrogens with one attached hydrogen (secondary N) is 1. The lowest BCUT2D eigenvalue weighted by Gasteiger charge is -2.23. The van der Waals surface area contributed by atoms with Crippen LogP contribution in [-0.2, 0) is 11.2 Å². The molecule has 3 nitrogen and oxygen atoms in total. The van der Waals surface area contributed by atoms with Gasteiger partial charge >= 0.3 is 0 Å². The number of likely N-dealkylation sites (tertiary alicyclic amines) is 1. The van der Waals surface area contributed by atoms with Crippen LogP contribution in [0.4, 0.5) is 0 Å². The zero-order chi connectivity index (χ0) is 13.2. The number of hydrogen-bond donors (Lipinski definition) is 1. The topological polar surface area (TPSA) is 32.3 Å². The van der Waals surface area contributed by atoms with E-state index in [1.165, 1.54) is 17.5 Å². The number of carbonyl (C=O) groups excluding carboxylic acids is 1. The fourth-order valence-electron chi connectivity index (χ4n) is 3.31. The molecule has 2 saturated heterocycles. The summed E-state index contributed by atoms with van der Waals surface area (Å²) in [5.41, 5.74) is 2.54. The summed E-state index contributed by atoms with van der Waals surface area (Å²) in [5.74, 6) is 1.03. The van der Waals surface area contributed by atoms with E-state index in [2.05, 4.69) is 41.4 Å². The highest BCUT2D eigenvalue weighted by Crippen LogP contribution is 2.27. The SMILES string of the molecule is Cc1ccc(CCC(=O)N2CC[C@H]3CNC[C@H]32)cc1. The van der Waals surface area contributed by atoms with Gasteiger partial charge < -0.3 is 10.2 Å². The van der Waals surface area contributed by atoms with Gasteiger partial charge in [-0.25, -0.2) is 0 Å². The third kappa shape index (κ3) is 2.66. The molecule has 0 spiro atoms. The van der Waals surface area contributed by atoms with Crippen molar-refractivity contribution in [2.24, 2.45) is 5.92 Å². The standard InChI is InChI=1S/C16H22N2O/c1-12-2-4-13(5-3-12)6-7-16(19)18-9-8-14-10-17-11-15(14)18/h2-5,14-15,17H,6-11H2,1H3/t14-,15+/m0/s1. The fourth-order valence-corrected chi connectivity index (χ4v) is 3.31. The molecule has 1 aromatic rings. The third-order valence-electron chi connectivity index (χ3n) is 4.51. The Kier molecular flexibility index (Phi) is 3.56. The summed E-state index contributed by atoms with van der Waals surface area (Å²) in [6, 6.07) is 8.96. The van der Waals surface area contributed by atoms with Gasteiger partial charge in [-0.1, -0.05) is 29.8 Å². The van der Waals surface area contributed by atoms with Crippen LogP contribution in [-0.4, -0.2) is 36.5 Å². The number of carbonyl (C=O) groups is 1.